The van der Waals surface area contributed by atoms with Crippen LogP contribution in [0.1, 0.15) is 75.1 Å². The quantitative estimate of drug-likeness (QED) is 0.122. The molecule has 4 atom stereocenters. The number of carbonyl (C=O) groups excluding carboxylic acids is 4. The van der Waals surface area contributed by atoms with Crippen molar-refractivity contribution in [1.82, 2.24) is 40.4 Å². The molecular formula is C46H54N8O8. The summed E-state index contributed by atoms with van der Waals surface area (Å²) >= 11 is 0. The van der Waals surface area contributed by atoms with E-state index in [1.54, 1.807) is 0 Å². The standard InChI is InChI=1S/C46H54N8O8/c1-59-45(57)51-39(27-13-19-61-20-14-27)43(55)53-17-3-5-37(53)41-47-26-36(50-41)33-10-9-29-23-30(7-8-31(29)24-33)32-11-12-34-35(25-32)49-42(48-34)38-6-4-18-54(38)44(56)40(52-46(58)60-2)28-15-21-62-22-16-28/h7-12,23-28,37-40H,3-6,13-22H2,1-2H3,(H,47,50)(H,48,49)(H,51,57)(H,52,58)/t37-,38?,39-,40-/m0/s1. The summed E-state index contributed by atoms with van der Waals surface area (Å²) in [5.41, 5.74) is 5.65. The van der Waals surface area contributed by atoms with Gasteiger partial charge in [-0.25, -0.2) is 19.6 Å². The summed E-state index contributed by atoms with van der Waals surface area (Å²) in [5.74, 6) is 1.17. The Morgan fingerprint density at radius 2 is 1.18 bits per heavy atom. The fourth-order valence-electron chi connectivity index (χ4n) is 9.83. The highest BCUT2D eigenvalue weighted by atomic mass is 16.5. The SMILES string of the molecule is COC(=O)N[C@H](C(=O)N1CCCC1c1nc2ccc(-c3ccc4cc(-c5cnc([C@@H]6CCCN6C(=O)[C@@H](NC(=O)OC)C6CCOCC6)[nH]5)ccc4c3)cc2[nH]1)C1CCOCC1. The van der Waals surface area contributed by atoms with Crippen LogP contribution in [0.2, 0.25) is 0 Å². The minimum Gasteiger partial charge on any atom is -0.453 e. The highest BCUT2D eigenvalue weighted by Gasteiger charge is 2.42. The maximum Gasteiger partial charge on any atom is 0.407 e. The molecule has 0 bridgehead atoms. The Labute approximate surface area is 359 Å². The smallest absolute Gasteiger partial charge is 0.407 e. The minimum absolute atomic E-state index is 0.0319. The van der Waals surface area contributed by atoms with Crippen molar-refractivity contribution in [2.75, 3.05) is 53.7 Å². The second-order valence-electron chi connectivity index (χ2n) is 16.8. The van der Waals surface area contributed by atoms with Crippen LogP contribution in [0.4, 0.5) is 9.59 Å². The molecule has 0 aliphatic carbocycles. The van der Waals surface area contributed by atoms with Gasteiger partial charge >= 0.3 is 12.2 Å². The van der Waals surface area contributed by atoms with Crippen LogP contribution in [-0.2, 0) is 28.5 Å². The maximum atomic E-state index is 14.1. The second kappa shape index (κ2) is 18.2. The lowest BCUT2D eigenvalue weighted by molar-refractivity contribution is -0.137. The van der Waals surface area contributed by atoms with Crippen LogP contribution in [0.15, 0.2) is 60.8 Å². The minimum atomic E-state index is -0.691. The molecule has 4 fully saturated rings. The third kappa shape index (κ3) is 8.45. The van der Waals surface area contributed by atoms with Gasteiger partial charge in [-0.05, 0) is 109 Å². The Bertz CT molecular complexity index is 2440. The van der Waals surface area contributed by atoms with Gasteiger partial charge in [0.15, 0.2) is 0 Å². The van der Waals surface area contributed by atoms with E-state index in [1.807, 2.05) is 22.1 Å². The van der Waals surface area contributed by atoms with Crippen molar-refractivity contribution in [3.05, 3.63) is 72.4 Å². The molecule has 6 heterocycles. The molecule has 0 spiro atoms. The number of methoxy groups -OCH3 is 2. The lowest BCUT2D eigenvalue weighted by atomic mass is 9.90. The van der Waals surface area contributed by atoms with Crippen molar-refractivity contribution in [2.45, 2.75) is 75.5 Å². The molecule has 5 aromatic rings. The van der Waals surface area contributed by atoms with Gasteiger partial charge < -0.3 is 49.3 Å². The monoisotopic (exact) mass is 846 g/mol. The molecule has 4 aliphatic heterocycles. The first-order valence-corrected chi connectivity index (χ1v) is 21.8. The Kier molecular flexibility index (Phi) is 12.1. The molecule has 1 unspecified atom stereocenters. The lowest BCUT2D eigenvalue weighted by Gasteiger charge is -2.34. The van der Waals surface area contributed by atoms with E-state index in [0.717, 1.165) is 81.5 Å². The van der Waals surface area contributed by atoms with Gasteiger partial charge in [-0.2, -0.15) is 0 Å². The number of H-pyrrole nitrogens is 2. The van der Waals surface area contributed by atoms with Gasteiger partial charge in [-0.3, -0.25) is 9.59 Å². The van der Waals surface area contributed by atoms with Crippen LogP contribution >= 0.6 is 0 Å². The third-order valence-corrected chi connectivity index (χ3v) is 13.2. The Hall–Kier alpha value is -6.00. The summed E-state index contributed by atoms with van der Waals surface area (Å²) < 4.78 is 20.8. The van der Waals surface area contributed by atoms with Crippen molar-refractivity contribution < 1.29 is 38.1 Å². The number of carbonyl (C=O) groups is 4. The van der Waals surface area contributed by atoms with Gasteiger partial charge in [0.1, 0.15) is 23.7 Å². The Morgan fingerprint density at radius 3 is 1.76 bits per heavy atom. The molecule has 326 valence electrons. The van der Waals surface area contributed by atoms with Gasteiger partial charge in [0.25, 0.3) is 0 Å². The first-order chi connectivity index (χ1) is 30.3. The first-order valence-electron chi connectivity index (χ1n) is 21.8. The number of nitrogens with one attached hydrogen (secondary N) is 4. The molecule has 0 saturated carbocycles. The summed E-state index contributed by atoms with van der Waals surface area (Å²) in [7, 11) is 2.62. The number of rotatable bonds is 10. The van der Waals surface area contributed by atoms with Crippen LogP contribution in [-0.4, -0.2) is 120 Å². The van der Waals surface area contributed by atoms with E-state index in [-0.39, 0.29) is 35.7 Å². The average molecular weight is 847 g/mol. The van der Waals surface area contributed by atoms with E-state index in [4.69, 9.17) is 28.9 Å². The molecule has 16 heteroatoms. The van der Waals surface area contributed by atoms with Crippen LogP contribution < -0.4 is 10.6 Å². The van der Waals surface area contributed by atoms with Gasteiger partial charge in [0, 0.05) is 45.1 Å². The number of benzene rings is 3. The first kappa shape index (κ1) is 41.4. The van der Waals surface area contributed by atoms with Gasteiger partial charge in [-0.1, -0.05) is 30.3 Å². The summed E-state index contributed by atoms with van der Waals surface area (Å²) in [6, 6.07) is 17.1. The summed E-state index contributed by atoms with van der Waals surface area (Å²) in [6.45, 7) is 3.40. The number of aromatic amines is 2. The molecule has 4 amide bonds. The van der Waals surface area contributed by atoms with Gasteiger partial charge in [0.2, 0.25) is 11.8 Å². The zero-order valence-corrected chi connectivity index (χ0v) is 35.2. The number of nitrogens with zero attached hydrogens (tertiary/aromatic N) is 4. The van der Waals surface area contributed by atoms with Crippen molar-refractivity contribution in [3.8, 4) is 22.4 Å². The predicted molar refractivity (Wildman–Crippen MR) is 230 cm³/mol. The van der Waals surface area contributed by atoms with E-state index in [9.17, 15) is 19.2 Å². The number of imidazole rings is 2. The van der Waals surface area contributed by atoms with E-state index in [2.05, 4.69) is 69.1 Å². The highest BCUT2D eigenvalue weighted by molar-refractivity contribution is 5.92. The second-order valence-corrected chi connectivity index (χ2v) is 16.8. The zero-order valence-electron chi connectivity index (χ0n) is 35.2. The van der Waals surface area contributed by atoms with Crippen LogP contribution in [0, 0.1) is 11.8 Å². The Balaban J connectivity index is 0.900. The maximum absolute atomic E-state index is 14.1. The fourth-order valence-corrected chi connectivity index (χ4v) is 9.83. The van der Waals surface area contributed by atoms with Crippen molar-refractivity contribution in [1.29, 1.82) is 0 Å². The molecule has 4 N–H and O–H groups in total. The fraction of sp³-hybridized carbons (Fsp3) is 0.478. The van der Waals surface area contributed by atoms with E-state index in [0.29, 0.717) is 65.2 Å². The van der Waals surface area contributed by atoms with Crippen LogP contribution in [0.5, 0.6) is 0 Å². The summed E-state index contributed by atoms with van der Waals surface area (Å²) in [6.07, 6.45) is 6.59. The van der Waals surface area contributed by atoms with Crippen LogP contribution in [0.3, 0.4) is 0 Å². The van der Waals surface area contributed by atoms with Crippen molar-refractivity contribution in [2.24, 2.45) is 11.8 Å². The number of alkyl carbamates (subject to hydrolysis) is 2. The average Bonchev–Trinajstić information content (AvgIpc) is 4.16. The largest absolute Gasteiger partial charge is 0.453 e. The molecule has 4 saturated heterocycles. The van der Waals surface area contributed by atoms with Crippen LogP contribution in [0.25, 0.3) is 44.2 Å². The third-order valence-electron chi connectivity index (χ3n) is 13.2. The van der Waals surface area contributed by atoms with Gasteiger partial charge in [-0.15, -0.1) is 0 Å². The highest BCUT2D eigenvalue weighted by Crippen LogP contribution is 2.37. The molecule has 3 aromatic carbocycles. The predicted octanol–water partition coefficient (Wildman–Crippen LogP) is 6.40. The number of aromatic nitrogens is 4. The molecule has 4 aliphatic rings. The zero-order chi connectivity index (χ0) is 42.7. The summed E-state index contributed by atoms with van der Waals surface area (Å²) in [4.78, 5) is 73.2. The number of hydrogen-bond donors (Lipinski definition) is 4. The number of likely N-dealkylation sites (tertiary alicyclic amines) is 2. The van der Waals surface area contributed by atoms with Crippen molar-refractivity contribution in [3.63, 3.8) is 0 Å². The number of amides is 4. The van der Waals surface area contributed by atoms with Gasteiger partial charge in [0.05, 0.1) is 49.2 Å². The molecule has 16 nitrogen and oxygen atoms in total. The molecular weight excluding hydrogens is 793 g/mol. The van der Waals surface area contributed by atoms with Crippen molar-refractivity contribution >= 4 is 45.8 Å². The van der Waals surface area contributed by atoms with E-state index in [1.165, 1.54) is 14.2 Å². The number of fused-ring (bicyclic) bond motifs is 2. The molecule has 0 radical (unpaired) electrons. The normalized spacial score (nSPS) is 20.9. The summed E-state index contributed by atoms with van der Waals surface area (Å²) in [5, 5.41) is 7.80. The molecule has 9 rings (SSSR count). The molecule has 2 aromatic heterocycles. The topological polar surface area (TPSA) is 193 Å². The van der Waals surface area contributed by atoms with E-state index >= 15 is 0 Å². The number of hydrogen-bond acceptors (Lipinski definition) is 10. The Morgan fingerprint density at radius 1 is 0.661 bits per heavy atom. The van der Waals surface area contributed by atoms with E-state index < -0.39 is 24.3 Å². The lowest BCUT2D eigenvalue weighted by Crippen LogP contribution is -2.53. The molecule has 62 heavy (non-hydrogen) atoms. The number of ether oxygens (including phenoxy) is 4.